The highest BCUT2D eigenvalue weighted by Crippen LogP contribution is 2.33. The van der Waals surface area contributed by atoms with Gasteiger partial charge in [0, 0.05) is 18.4 Å². The summed E-state index contributed by atoms with van der Waals surface area (Å²) in [6.07, 6.45) is 12.8. The summed E-state index contributed by atoms with van der Waals surface area (Å²) in [5.41, 5.74) is 7.76. The van der Waals surface area contributed by atoms with Crippen molar-refractivity contribution in [3.05, 3.63) is 30.1 Å². The van der Waals surface area contributed by atoms with Gasteiger partial charge in [-0.15, -0.1) is 0 Å². The molecule has 0 aromatic carbocycles. The van der Waals surface area contributed by atoms with Crippen molar-refractivity contribution in [3.63, 3.8) is 0 Å². The number of nitrogens with zero attached hydrogens (tertiary/aromatic N) is 1. The average Bonchev–Trinajstić information content (AvgIpc) is 2.46. The molecule has 100 valence electrons. The van der Waals surface area contributed by atoms with Crippen molar-refractivity contribution in [2.75, 3.05) is 0 Å². The molecule has 0 spiro atoms. The fraction of sp³-hybridized carbons (Fsp3) is 0.688. The van der Waals surface area contributed by atoms with Gasteiger partial charge >= 0.3 is 0 Å². The van der Waals surface area contributed by atoms with Gasteiger partial charge in [-0.2, -0.15) is 0 Å². The van der Waals surface area contributed by atoms with E-state index >= 15 is 0 Å². The van der Waals surface area contributed by atoms with Crippen molar-refractivity contribution in [3.8, 4) is 0 Å². The van der Waals surface area contributed by atoms with Crippen molar-refractivity contribution < 1.29 is 0 Å². The molecule has 18 heavy (non-hydrogen) atoms. The summed E-state index contributed by atoms with van der Waals surface area (Å²) in [4.78, 5) is 4.05. The van der Waals surface area contributed by atoms with Crippen LogP contribution in [0.2, 0.25) is 0 Å². The first-order valence-corrected chi connectivity index (χ1v) is 7.44. The molecule has 0 aliphatic heterocycles. The third-order valence-corrected chi connectivity index (χ3v) is 4.52. The highest BCUT2D eigenvalue weighted by atomic mass is 14.7. The van der Waals surface area contributed by atoms with Crippen molar-refractivity contribution in [2.24, 2.45) is 17.6 Å². The molecule has 0 bridgehead atoms. The molecule has 1 heterocycles. The molecule has 2 rings (SSSR count). The second-order valence-corrected chi connectivity index (χ2v) is 5.76. The topological polar surface area (TPSA) is 38.9 Å². The van der Waals surface area contributed by atoms with Crippen molar-refractivity contribution in [2.45, 2.75) is 57.9 Å². The fourth-order valence-electron chi connectivity index (χ4n) is 3.21. The smallest absolute Gasteiger partial charge is 0.0270 e. The van der Waals surface area contributed by atoms with E-state index in [1.165, 1.54) is 37.7 Å². The minimum Gasteiger partial charge on any atom is -0.327 e. The Kier molecular flexibility index (Phi) is 5.18. The second kappa shape index (κ2) is 6.89. The quantitative estimate of drug-likeness (QED) is 0.862. The van der Waals surface area contributed by atoms with Gasteiger partial charge in [-0.3, -0.25) is 4.98 Å². The van der Waals surface area contributed by atoms with Crippen LogP contribution in [0.25, 0.3) is 0 Å². The maximum absolute atomic E-state index is 6.40. The molecule has 3 unspecified atom stereocenters. The first-order chi connectivity index (χ1) is 8.79. The maximum atomic E-state index is 6.40. The van der Waals surface area contributed by atoms with Gasteiger partial charge in [0.2, 0.25) is 0 Å². The van der Waals surface area contributed by atoms with E-state index in [4.69, 9.17) is 5.73 Å². The van der Waals surface area contributed by atoms with E-state index < -0.39 is 0 Å². The minimum absolute atomic E-state index is 0.382. The monoisotopic (exact) mass is 246 g/mol. The van der Waals surface area contributed by atoms with Gasteiger partial charge in [-0.05, 0) is 55.2 Å². The number of aryl methyl sites for hydroxylation is 1. The van der Waals surface area contributed by atoms with Crippen LogP contribution in [0.3, 0.4) is 0 Å². The third-order valence-electron chi connectivity index (χ3n) is 4.52. The molecule has 2 heteroatoms. The molecule has 0 saturated heterocycles. The Morgan fingerprint density at radius 3 is 2.83 bits per heavy atom. The minimum atomic E-state index is 0.382. The summed E-state index contributed by atoms with van der Waals surface area (Å²) in [5.74, 6) is 1.68. The lowest BCUT2D eigenvalue weighted by Gasteiger charge is -2.32. The van der Waals surface area contributed by atoms with E-state index in [-0.39, 0.29) is 0 Å². The number of aromatic nitrogens is 1. The van der Waals surface area contributed by atoms with Crippen LogP contribution >= 0.6 is 0 Å². The van der Waals surface area contributed by atoms with Crippen LogP contribution in [-0.4, -0.2) is 11.0 Å². The summed E-state index contributed by atoms with van der Waals surface area (Å²) in [6, 6.07) is 4.58. The Bertz CT molecular complexity index is 336. The Labute approximate surface area is 111 Å². The molecular formula is C16H26N2. The Morgan fingerprint density at radius 1 is 1.33 bits per heavy atom. The Morgan fingerprint density at radius 2 is 2.11 bits per heavy atom. The summed E-state index contributed by atoms with van der Waals surface area (Å²) >= 11 is 0. The summed E-state index contributed by atoms with van der Waals surface area (Å²) in [5, 5.41) is 0. The summed E-state index contributed by atoms with van der Waals surface area (Å²) in [6.45, 7) is 2.32. The van der Waals surface area contributed by atoms with Crippen LogP contribution in [0.5, 0.6) is 0 Å². The molecule has 0 amide bonds. The van der Waals surface area contributed by atoms with Crippen LogP contribution in [0.1, 0.15) is 51.0 Å². The zero-order chi connectivity index (χ0) is 12.8. The molecule has 2 nitrogen and oxygen atoms in total. The second-order valence-electron chi connectivity index (χ2n) is 5.76. The lowest BCUT2D eigenvalue weighted by atomic mass is 9.76. The molecule has 1 aliphatic rings. The number of nitrogens with two attached hydrogens (primary N) is 1. The maximum Gasteiger partial charge on any atom is 0.0270 e. The van der Waals surface area contributed by atoms with E-state index in [1.807, 2.05) is 12.4 Å². The van der Waals surface area contributed by atoms with E-state index in [0.29, 0.717) is 6.04 Å². The average molecular weight is 246 g/mol. The van der Waals surface area contributed by atoms with Crippen molar-refractivity contribution in [1.82, 2.24) is 4.98 Å². The van der Waals surface area contributed by atoms with Crippen molar-refractivity contribution in [1.29, 1.82) is 0 Å². The highest BCUT2D eigenvalue weighted by Gasteiger charge is 2.25. The summed E-state index contributed by atoms with van der Waals surface area (Å²) in [7, 11) is 0. The van der Waals surface area contributed by atoms with Gasteiger partial charge in [0.1, 0.15) is 0 Å². The molecule has 3 atom stereocenters. The van der Waals surface area contributed by atoms with Gasteiger partial charge in [0.05, 0.1) is 0 Å². The normalized spacial score (nSPS) is 25.9. The molecule has 0 radical (unpaired) electrons. The molecule has 1 aliphatic carbocycles. The predicted molar refractivity (Wildman–Crippen MR) is 76.3 cm³/mol. The summed E-state index contributed by atoms with van der Waals surface area (Å²) < 4.78 is 0. The van der Waals surface area contributed by atoms with Gasteiger partial charge in [0.25, 0.3) is 0 Å². The van der Waals surface area contributed by atoms with Gasteiger partial charge < -0.3 is 5.73 Å². The molecule has 2 N–H and O–H groups in total. The van der Waals surface area contributed by atoms with Crippen LogP contribution in [0, 0.1) is 11.8 Å². The van der Waals surface area contributed by atoms with Gasteiger partial charge in [0.15, 0.2) is 0 Å². The van der Waals surface area contributed by atoms with Crippen LogP contribution < -0.4 is 5.73 Å². The lowest BCUT2D eigenvalue weighted by molar-refractivity contribution is 0.224. The zero-order valence-corrected chi connectivity index (χ0v) is 11.5. The first-order valence-electron chi connectivity index (χ1n) is 7.44. The van der Waals surface area contributed by atoms with Crippen LogP contribution in [0.15, 0.2) is 24.5 Å². The molecule has 1 aromatic rings. The van der Waals surface area contributed by atoms with Gasteiger partial charge in [-0.25, -0.2) is 0 Å². The van der Waals surface area contributed by atoms with E-state index in [0.717, 1.165) is 24.7 Å². The van der Waals surface area contributed by atoms with Crippen LogP contribution in [0.4, 0.5) is 0 Å². The van der Waals surface area contributed by atoms with E-state index in [9.17, 15) is 0 Å². The molecule has 1 fully saturated rings. The number of hydrogen-bond acceptors (Lipinski definition) is 2. The molecule has 1 saturated carbocycles. The SMILES string of the molecule is CCC1CCCC(C(N)CCc2ccncc2)C1. The molecule has 1 aromatic heterocycles. The lowest BCUT2D eigenvalue weighted by Crippen LogP contribution is -2.34. The zero-order valence-electron chi connectivity index (χ0n) is 11.5. The van der Waals surface area contributed by atoms with Crippen molar-refractivity contribution >= 4 is 0 Å². The largest absolute Gasteiger partial charge is 0.327 e. The van der Waals surface area contributed by atoms with E-state index in [2.05, 4.69) is 24.0 Å². The molecular weight excluding hydrogens is 220 g/mol. The van der Waals surface area contributed by atoms with Crippen LogP contribution in [-0.2, 0) is 6.42 Å². The first kappa shape index (κ1) is 13.5. The number of rotatable bonds is 5. The van der Waals surface area contributed by atoms with E-state index in [1.54, 1.807) is 0 Å². The number of pyridine rings is 1. The Balaban J connectivity index is 1.79. The fourth-order valence-corrected chi connectivity index (χ4v) is 3.21. The predicted octanol–water partition coefficient (Wildman–Crippen LogP) is 3.56. The third kappa shape index (κ3) is 3.81. The van der Waals surface area contributed by atoms with Gasteiger partial charge in [-0.1, -0.05) is 26.2 Å². The Hall–Kier alpha value is -0.890. The standard InChI is InChI=1S/C16H26N2/c1-2-13-4-3-5-15(12-13)16(17)7-6-14-8-10-18-11-9-14/h8-11,13,15-16H,2-7,12,17H2,1H3. The number of hydrogen-bond donors (Lipinski definition) is 1. The highest BCUT2D eigenvalue weighted by molar-refractivity contribution is 5.09.